The summed E-state index contributed by atoms with van der Waals surface area (Å²) in [5.74, 6) is -3.61. The van der Waals surface area contributed by atoms with Crippen LogP contribution >= 0.6 is 0 Å². The van der Waals surface area contributed by atoms with Crippen molar-refractivity contribution < 1.29 is 56.4 Å². The Kier molecular flexibility index (Phi) is 8.39. The van der Waals surface area contributed by atoms with Crippen molar-refractivity contribution in [3.8, 4) is 0 Å². The van der Waals surface area contributed by atoms with Crippen LogP contribution in [0, 0.1) is 0 Å². The van der Waals surface area contributed by atoms with Crippen LogP contribution in [0.4, 0.5) is 13.2 Å². The number of carbonyl (C=O) groups excluding carboxylic acids is 4. The van der Waals surface area contributed by atoms with E-state index in [1.54, 1.807) is 0 Å². The number of ether oxygens (including phenoxy) is 4. The Balaban J connectivity index is 2.40. The molecule has 13 heteroatoms. The van der Waals surface area contributed by atoms with Gasteiger partial charge in [0, 0.05) is 26.3 Å². The molecule has 0 aliphatic carbocycles. The van der Waals surface area contributed by atoms with E-state index in [0.717, 1.165) is 39.0 Å². The Labute approximate surface area is 185 Å². The van der Waals surface area contributed by atoms with Crippen LogP contribution in [0.2, 0.25) is 0 Å². The highest BCUT2D eigenvalue weighted by Gasteiger charge is 2.52. The summed E-state index contributed by atoms with van der Waals surface area (Å²) in [5.41, 5.74) is -1.46. The summed E-state index contributed by atoms with van der Waals surface area (Å²) in [5, 5.41) is 11.9. The number of aliphatic hydroxyl groups excluding tert-OH is 1. The molecule has 10 nitrogen and oxygen atoms in total. The number of rotatable bonds is 6. The number of carbonyl (C=O) groups is 4. The van der Waals surface area contributed by atoms with Gasteiger partial charge < -0.3 is 29.4 Å². The van der Waals surface area contributed by atoms with Gasteiger partial charge in [-0.15, -0.1) is 0 Å². The fraction of sp³-hybridized carbons (Fsp3) is 0.500. The molecule has 1 saturated heterocycles. The van der Waals surface area contributed by atoms with Crippen LogP contribution in [0.15, 0.2) is 24.3 Å². The number of halogens is 3. The maximum Gasteiger partial charge on any atom is 0.416 e. The number of aliphatic hydroxyl groups is 1. The van der Waals surface area contributed by atoms with Crippen molar-refractivity contribution in [3.05, 3.63) is 35.4 Å². The molecule has 0 bridgehead atoms. The van der Waals surface area contributed by atoms with E-state index in [2.05, 4.69) is 5.32 Å². The van der Waals surface area contributed by atoms with Crippen LogP contribution in [-0.2, 0) is 39.5 Å². The number of hydrogen-bond acceptors (Lipinski definition) is 9. The molecule has 1 aromatic carbocycles. The lowest BCUT2D eigenvalue weighted by atomic mass is 9.97. The molecule has 0 saturated carbocycles. The second-order valence-electron chi connectivity index (χ2n) is 7.05. The first-order valence-corrected chi connectivity index (χ1v) is 9.59. The summed E-state index contributed by atoms with van der Waals surface area (Å²) in [6, 6.07) is 3.52. The standard InChI is InChI=1S/C20H22F3NO9/c1-9(26)30-15-14(8-25)33-19(17(32-11(3)28)16(15)31-10(2)27)24-18(29)12-5-4-6-13(7-12)20(21,22)23/h4-7,14-17,19,25H,8H2,1-3H3,(H,24,29)/t14-,15-,16+,17-,19?/m1/s1. The summed E-state index contributed by atoms with van der Waals surface area (Å²) in [6.07, 6.45) is -12.1. The van der Waals surface area contributed by atoms with E-state index in [1.165, 1.54) is 0 Å². The fourth-order valence-electron chi connectivity index (χ4n) is 3.21. The SMILES string of the molecule is CC(=O)O[C@H]1[C@H](OC(C)=O)[C@@H](OC(C)=O)C(NC(=O)c2cccc(C(F)(F)F)c2)O[C@@H]1CO. The number of amides is 1. The zero-order valence-corrected chi connectivity index (χ0v) is 17.8. The van der Waals surface area contributed by atoms with E-state index >= 15 is 0 Å². The molecule has 1 amide bonds. The van der Waals surface area contributed by atoms with Crippen LogP contribution in [-0.4, -0.2) is 66.2 Å². The van der Waals surface area contributed by atoms with E-state index in [4.69, 9.17) is 18.9 Å². The minimum absolute atomic E-state index is 0.387. The largest absolute Gasteiger partial charge is 0.456 e. The van der Waals surface area contributed by atoms with Gasteiger partial charge in [0.1, 0.15) is 6.10 Å². The fourth-order valence-corrected chi connectivity index (χ4v) is 3.21. The second-order valence-corrected chi connectivity index (χ2v) is 7.05. The molecule has 5 atom stereocenters. The highest BCUT2D eigenvalue weighted by molar-refractivity contribution is 5.94. The molecule has 1 fully saturated rings. The first kappa shape index (κ1) is 26.1. The second kappa shape index (κ2) is 10.6. The van der Waals surface area contributed by atoms with E-state index in [-0.39, 0.29) is 5.56 Å². The van der Waals surface area contributed by atoms with Gasteiger partial charge >= 0.3 is 24.1 Å². The highest BCUT2D eigenvalue weighted by Crippen LogP contribution is 2.30. The van der Waals surface area contributed by atoms with Gasteiger partial charge in [0.15, 0.2) is 24.5 Å². The summed E-state index contributed by atoms with van der Waals surface area (Å²) in [6.45, 7) is 2.31. The minimum Gasteiger partial charge on any atom is -0.456 e. The summed E-state index contributed by atoms with van der Waals surface area (Å²) < 4.78 is 59.8. The first-order chi connectivity index (χ1) is 15.3. The normalized spacial score (nSPS) is 25.0. The van der Waals surface area contributed by atoms with Gasteiger partial charge in [0.2, 0.25) is 0 Å². The Hall–Kier alpha value is -3.19. The van der Waals surface area contributed by atoms with Crippen LogP contribution in [0.1, 0.15) is 36.7 Å². The topological polar surface area (TPSA) is 137 Å². The van der Waals surface area contributed by atoms with Crippen molar-refractivity contribution in [1.82, 2.24) is 5.32 Å². The van der Waals surface area contributed by atoms with Gasteiger partial charge in [-0.25, -0.2) is 0 Å². The minimum atomic E-state index is -4.70. The molecule has 182 valence electrons. The third-order valence-electron chi connectivity index (χ3n) is 4.45. The highest BCUT2D eigenvalue weighted by atomic mass is 19.4. The number of benzene rings is 1. The lowest BCUT2D eigenvalue weighted by molar-refractivity contribution is -0.254. The molecule has 33 heavy (non-hydrogen) atoms. The van der Waals surface area contributed by atoms with Crippen molar-refractivity contribution in [2.75, 3.05) is 6.61 Å². The average Bonchev–Trinajstić information content (AvgIpc) is 2.70. The maximum absolute atomic E-state index is 13.0. The monoisotopic (exact) mass is 477 g/mol. The van der Waals surface area contributed by atoms with Crippen LogP contribution in [0.5, 0.6) is 0 Å². The summed E-state index contributed by atoms with van der Waals surface area (Å²) >= 11 is 0. The van der Waals surface area contributed by atoms with Crippen molar-refractivity contribution in [2.45, 2.75) is 57.6 Å². The smallest absolute Gasteiger partial charge is 0.416 e. The first-order valence-electron chi connectivity index (χ1n) is 9.59. The average molecular weight is 477 g/mol. The van der Waals surface area contributed by atoms with Crippen molar-refractivity contribution in [1.29, 1.82) is 0 Å². The van der Waals surface area contributed by atoms with Crippen molar-refractivity contribution >= 4 is 23.8 Å². The lowest BCUT2D eigenvalue weighted by Crippen LogP contribution is -2.66. The van der Waals surface area contributed by atoms with E-state index in [0.29, 0.717) is 6.07 Å². The molecule has 0 aromatic heterocycles. The van der Waals surface area contributed by atoms with Crippen LogP contribution < -0.4 is 5.32 Å². The molecule has 1 aliphatic rings. The van der Waals surface area contributed by atoms with Gasteiger partial charge in [-0.3, -0.25) is 19.2 Å². The molecule has 0 spiro atoms. The molecular weight excluding hydrogens is 455 g/mol. The predicted octanol–water partition coefficient (Wildman–Crippen LogP) is 0.948. The zero-order valence-electron chi connectivity index (χ0n) is 17.8. The third kappa shape index (κ3) is 6.89. The number of alkyl halides is 3. The van der Waals surface area contributed by atoms with Crippen molar-refractivity contribution in [2.24, 2.45) is 0 Å². The lowest BCUT2D eigenvalue weighted by Gasteiger charge is -2.44. The Bertz CT molecular complexity index is 905. The summed E-state index contributed by atoms with van der Waals surface area (Å²) in [4.78, 5) is 47.5. The molecule has 1 unspecified atom stereocenters. The van der Waals surface area contributed by atoms with E-state index < -0.39 is 72.8 Å². The maximum atomic E-state index is 13.0. The van der Waals surface area contributed by atoms with Gasteiger partial charge in [-0.2, -0.15) is 13.2 Å². The van der Waals surface area contributed by atoms with Crippen LogP contribution in [0.25, 0.3) is 0 Å². The van der Waals surface area contributed by atoms with Crippen LogP contribution in [0.3, 0.4) is 0 Å². The Morgan fingerprint density at radius 1 is 0.970 bits per heavy atom. The van der Waals surface area contributed by atoms with E-state index in [1.807, 2.05) is 0 Å². The quantitative estimate of drug-likeness (QED) is 0.453. The predicted molar refractivity (Wildman–Crippen MR) is 101 cm³/mol. The number of hydrogen-bond donors (Lipinski definition) is 2. The number of esters is 3. The molecule has 2 N–H and O–H groups in total. The Morgan fingerprint density at radius 2 is 1.52 bits per heavy atom. The van der Waals surface area contributed by atoms with Crippen molar-refractivity contribution in [3.63, 3.8) is 0 Å². The van der Waals surface area contributed by atoms with Gasteiger partial charge in [-0.05, 0) is 18.2 Å². The van der Waals surface area contributed by atoms with Gasteiger partial charge in [0.05, 0.1) is 12.2 Å². The molecule has 1 heterocycles. The third-order valence-corrected chi connectivity index (χ3v) is 4.45. The molecule has 1 aliphatic heterocycles. The van der Waals surface area contributed by atoms with Gasteiger partial charge in [-0.1, -0.05) is 6.07 Å². The van der Waals surface area contributed by atoms with E-state index in [9.17, 15) is 37.5 Å². The zero-order chi connectivity index (χ0) is 24.9. The number of nitrogens with one attached hydrogen (secondary N) is 1. The molecular formula is C20H22F3NO9. The Morgan fingerprint density at radius 3 is 2.03 bits per heavy atom. The summed E-state index contributed by atoms with van der Waals surface area (Å²) in [7, 11) is 0. The van der Waals surface area contributed by atoms with Gasteiger partial charge in [0.25, 0.3) is 5.91 Å². The molecule has 2 rings (SSSR count). The molecule has 1 aromatic rings. The molecule has 0 radical (unpaired) electrons.